The fourth-order valence-corrected chi connectivity index (χ4v) is 3.46. The lowest BCUT2D eigenvalue weighted by Crippen LogP contribution is -2.34. The fourth-order valence-electron chi connectivity index (χ4n) is 3.46. The van der Waals surface area contributed by atoms with Crippen LogP contribution in [-0.2, 0) is 15.8 Å². The number of carboxylic acid groups (broad SMARTS) is 1. The van der Waals surface area contributed by atoms with Gasteiger partial charge in [0.05, 0.1) is 11.3 Å². The Hall–Kier alpha value is -3.96. The normalized spacial score (nSPS) is 19.7. The highest BCUT2D eigenvalue weighted by Crippen LogP contribution is 2.34. The van der Waals surface area contributed by atoms with Gasteiger partial charge in [-0.25, -0.2) is 9.40 Å². The number of aliphatic hydroxyl groups excluding tert-OH is 1. The first-order valence-electron chi connectivity index (χ1n) is 10.5. The number of rotatable bonds is 8. The number of amides is 1. The number of halogens is 4. The van der Waals surface area contributed by atoms with Gasteiger partial charge in [0.1, 0.15) is 17.6 Å². The minimum atomic E-state index is -4.75. The van der Waals surface area contributed by atoms with Gasteiger partial charge in [-0.3, -0.25) is 15.0 Å². The van der Waals surface area contributed by atoms with Crippen molar-refractivity contribution in [2.45, 2.75) is 38.4 Å². The van der Waals surface area contributed by atoms with Crippen molar-refractivity contribution in [1.29, 1.82) is 0 Å². The topological polar surface area (TPSA) is 115 Å². The lowest BCUT2D eigenvalue weighted by molar-refractivity contribution is -0.138. The van der Waals surface area contributed by atoms with E-state index in [1.165, 1.54) is 6.08 Å². The zero-order valence-corrected chi connectivity index (χ0v) is 18.5. The molecule has 12 heteroatoms. The van der Waals surface area contributed by atoms with Gasteiger partial charge in [-0.15, -0.1) is 0 Å². The van der Waals surface area contributed by atoms with Crippen LogP contribution in [0.5, 0.6) is 0 Å². The molecule has 1 aromatic rings. The number of benzene rings is 1. The molecule has 35 heavy (non-hydrogen) atoms. The van der Waals surface area contributed by atoms with Gasteiger partial charge in [-0.1, -0.05) is 30.4 Å². The molecular formula is C23H22F4N4O4. The van der Waals surface area contributed by atoms with E-state index in [9.17, 15) is 32.3 Å². The van der Waals surface area contributed by atoms with E-state index in [4.69, 9.17) is 5.11 Å². The van der Waals surface area contributed by atoms with Gasteiger partial charge in [-0.05, 0) is 31.9 Å². The largest absolute Gasteiger partial charge is 0.509 e. The number of carboxylic acids is 1. The standard InChI is InChI=1S/C23H22F4N4O4/c1-13-20(22(35)31(30-13)12-4-9-19(32)33)29-28-18-8-2-5-14(21(18)34)10-11-15-16(23(25,26)27)6-3-7-17(15)24/h2-3,5-7,10-11,18,28,34H,4,8-9,12H2,1H3,(H,32,33)/b11-10+,29-20-. The third kappa shape index (κ3) is 6.14. The van der Waals surface area contributed by atoms with Crippen molar-refractivity contribution >= 4 is 29.4 Å². The molecule has 0 bridgehead atoms. The number of nitrogens with one attached hydrogen (secondary N) is 1. The zero-order chi connectivity index (χ0) is 25.8. The van der Waals surface area contributed by atoms with Gasteiger partial charge in [0.15, 0.2) is 5.71 Å². The molecule has 1 amide bonds. The molecule has 186 valence electrons. The smallest absolute Gasteiger partial charge is 0.417 e. The number of allylic oxidation sites excluding steroid dienone is 3. The molecule has 3 N–H and O–H groups in total. The van der Waals surface area contributed by atoms with Gasteiger partial charge >= 0.3 is 12.1 Å². The molecule has 0 saturated carbocycles. The monoisotopic (exact) mass is 494 g/mol. The van der Waals surface area contributed by atoms with E-state index < -0.39 is 41.0 Å². The number of hydrogen-bond donors (Lipinski definition) is 3. The summed E-state index contributed by atoms with van der Waals surface area (Å²) in [5.74, 6) is -2.83. The average Bonchev–Trinajstić information content (AvgIpc) is 3.04. The summed E-state index contributed by atoms with van der Waals surface area (Å²) in [6.07, 6.45) is 0.817. The quantitative estimate of drug-likeness (QED) is 0.373. The predicted octanol–water partition coefficient (Wildman–Crippen LogP) is 4.03. The van der Waals surface area contributed by atoms with Crippen molar-refractivity contribution in [3.05, 3.63) is 64.7 Å². The molecular weight excluding hydrogens is 472 g/mol. The molecule has 1 heterocycles. The first-order chi connectivity index (χ1) is 16.5. The summed E-state index contributed by atoms with van der Waals surface area (Å²) in [6.45, 7) is 1.65. The second-order valence-corrected chi connectivity index (χ2v) is 7.76. The Morgan fingerprint density at radius 3 is 2.77 bits per heavy atom. The number of nitrogens with zero attached hydrogens (tertiary/aromatic N) is 3. The van der Waals surface area contributed by atoms with Gasteiger partial charge in [0, 0.05) is 24.1 Å². The Labute approximate surface area is 197 Å². The number of alkyl halides is 3. The fraction of sp³-hybridized carbons (Fsp3) is 0.304. The SMILES string of the molecule is CC1=NN(CCCC(=O)O)C(=O)/C1=N\NC1CC=CC(/C=C/c2c(F)cccc2C(F)(F)F)=C1O. The summed E-state index contributed by atoms with van der Waals surface area (Å²) >= 11 is 0. The minimum absolute atomic E-state index is 0.0130. The molecule has 8 nitrogen and oxygen atoms in total. The Morgan fingerprint density at radius 2 is 2.09 bits per heavy atom. The van der Waals surface area contributed by atoms with Crippen molar-refractivity contribution in [3.8, 4) is 0 Å². The molecule has 3 rings (SSSR count). The van der Waals surface area contributed by atoms with Crippen molar-refractivity contribution in [1.82, 2.24) is 10.4 Å². The maximum Gasteiger partial charge on any atom is 0.417 e. The molecule has 1 aromatic carbocycles. The van der Waals surface area contributed by atoms with Crippen molar-refractivity contribution in [2.75, 3.05) is 6.54 Å². The maximum absolute atomic E-state index is 14.1. The Balaban J connectivity index is 1.75. The number of carbonyl (C=O) groups is 2. The number of aliphatic carboxylic acids is 1. The van der Waals surface area contributed by atoms with Crippen molar-refractivity contribution in [3.63, 3.8) is 0 Å². The molecule has 0 aromatic heterocycles. The van der Waals surface area contributed by atoms with Crippen molar-refractivity contribution < 1.29 is 37.4 Å². The van der Waals surface area contributed by atoms with E-state index in [2.05, 4.69) is 15.6 Å². The van der Waals surface area contributed by atoms with Crippen LogP contribution in [0.1, 0.15) is 37.3 Å². The molecule has 0 radical (unpaired) electrons. The summed E-state index contributed by atoms with van der Waals surface area (Å²) in [5, 5.41) is 28.5. The van der Waals surface area contributed by atoms with Crippen LogP contribution in [0.25, 0.3) is 6.08 Å². The molecule has 1 atom stereocenters. The van der Waals surface area contributed by atoms with Crippen LogP contribution in [0.4, 0.5) is 17.6 Å². The number of hydrazone groups is 2. The van der Waals surface area contributed by atoms with E-state index in [1.54, 1.807) is 13.0 Å². The number of carbonyl (C=O) groups excluding carboxylic acids is 1. The summed E-state index contributed by atoms with van der Waals surface area (Å²) in [6, 6.07) is 1.85. The second-order valence-electron chi connectivity index (χ2n) is 7.76. The summed E-state index contributed by atoms with van der Waals surface area (Å²) in [5.41, 5.74) is 1.29. The molecule has 0 saturated heterocycles. The molecule has 1 aliphatic carbocycles. The maximum atomic E-state index is 14.1. The molecule has 1 aliphatic heterocycles. The summed E-state index contributed by atoms with van der Waals surface area (Å²) in [7, 11) is 0. The summed E-state index contributed by atoms with van der Waals surface area (Å²) < 4.78 is 53.7. The Bertz CT molecular complexity index is 1170. The first-order valence-corrected chi connectivity index (χ1v) is 10.5. The van der Waals surface area contributed by atoms with E-state index in [0.717, 1.165) is 35.4 Å². The summed E-state index contributed by atoms with van der Waals surface area (Å²) in [4.78, 5) is 23.1. The van der Waals surface area contributed by atoms with E-state index >= 15 is 0 Å². The third-order valence-corrected chi connectivity index (χ3v) is 5.23. The highest BCUT2D eigenvalue weighted by molar-refractivity contribution is 6.68. The average molecular weight is 494 g/mol. The van der Waals surface area contributed by atoms with Gasteiger partial charge in [-0.2, -0.15) is 23.4 Å². The van der Waals surface area contributed by atoms with Gasteiger partial charge in [0.2, 0.25) is 0 Å². The highest BCUT2D eigenvalue weighted by atomic mass is 19.4. The molecule has 1 unspecified atom stereocenters. The Kier molecular flexibility index (Phi) is 7.72. The van der Waals surface area contributed by atoms with E-state index in [-0.39, 0.29) is 42.9 Å². The van der Waals surface area contributed by atoms with Crippen LogP contribution in [0.3, 0.4) is 0 Å². The zero-order valence-electron chi connectivity index (χ0n) is 18.5. The van der Waals surface area contributed by atoms with Crippen molar-refractivity contribution in [2.24, 2.45) is 10.2 Å². The third-order valence-electron chi connectivity index (χ3n) is 5.23. The van der Waals surface area contributed by atoms with E-state index in [0.29, 0.717) is 5.71 Å². The van der Waals surface area contributed by atoms with E-state index in [1.807, 2.05) is 0 Å². The highest BCUT2D eigenvalue weighted by Gasteiger charge is 2.34. The lowest BCUT2D eigenvalue weighted by atomic mass is 9.98. The van der Waals surface area contributed by atoms with Crippen LogP contribution in [-0.4, -0.2) is 51.1 Å². The van der Waals surface area contributed by atoms with Crippen LogP contribution in [0.15, 0.2) is 58.0 Å². The molecule has 2 aliphatic rings. The van der Waals surface area contributed by atoms with Crippen LogP contribution < -0.4 is 5.43 Å². The second kappa shape index (κ2) is 10.5. The Morgan fingerprint density at radius 1 is 1.34 bits per heavy atom. The first kappa shape index (κ1) is 25.7. The van der Waals surface area contributed by atoms with Crippen LogP contribution in [0.2, 0.25) is 0 Å². The lowest BCUT2D eigenvalue weighted by Gasteiger charge is -2.20. The predicted molar refractivity (Wildman–Crippen MR) is 120 cm³/mol. The van der Waals surface area contributed by atoms with Gasteiger partial charge in [0.25, 0.3) is 5.91 Å². The number of hydrogen-bond acceptors (Lipinski definition) is 6. The van der Waals surface area contributed by atoms with Gasteiger partial charge < -0.3 is 10.2 Å². The van der Waals surface area contributed by atoms with Crippen LogP contribution >= 0.6 is 0 Å². The minimum Gasteiger partial charge on any atom is -0.509 e. The number of aliphatic hydroxyl groups is 1. The van der Waals surface area contributed by atoms with Crippen LogP contribution in [0, 0.1) is 5.82 Å². The molecule has 0 spiro atoms. The molecule has 0 fully saturated rings.